The topological polar surface area (TPSA) is 47.0 Å². The lowest BCUT2D eigenvalue weighted by molar-refractivity contribution is 0.393. The summed E-state index contributed by atoms with van der Waals surface area (Å²) in [6, 6.07) is 0.387. The lowest BCUT2D eigenvalue weighted by atomic mass is 9.93. The van der Waals surface area contributed by atoms with E-state index in [2.05, 4.69) is 31.2 Å². The lowest BCUT2D eigenvalue weighted by Gasteiger charge is -2.31. The first-order valence-corrected chi connectivity index (χ1v) is 5.89. The van der Waals surface area contributed by atoms with Crippen molar-refractivity contribution in [3.63, 3.8) is 0 Å². The molecule has 1 heterocycles. The maximum Gasteiger partial charge on any atom is 0.232 e. The summed E-state index contributed by atoms with van der Waals surface area (Å²) >= 11 is 9.18. The van der Waals surface area contributed by atoms with E-state index in [-0.39, 0.29) is 0 Å². The zero-order chi connectivity index (χ0) is 10.8. The Morgan fingerprint density at radius 3 is 2.93 bits per heavy atom. The average Bonchev–Trinajstić information content (AvgIpc) is 2.18. The largest absolute Gasteiger partial charge is 0.480 e. The van der Waals surface area contributed by atoms with Crippen LogP contribution in [0.15, 0.2) is 10.7 Å². The quantitative estimate of drug-likeness (QED) is 0.869. The summed E-state index contributed by atoms with van der Waals surface area (Å²) in [5.74, 6) is 1.12. The average molecular weight is 293 g/mol. The monoisotopic (exact) mass is 291 g/mol. The molecular weight excluding hydrogens is 281 g/mol. The van der Waals surface area contributed by atoms with Gasteiger partial charge in [0.25, 0.3) is 0 Å². The van der Waals surface area contributed by atoms with Crippen molar-refractivity contribution < 1.29 is 4.74 Å². The van der Waals surface area contributed by atoms with Crippen molar-refractivity contribution in [2.45, 2.75) is 24.3 Å². The van der Waals surface area contributed by atoms with Crippen molar-refractivity contribution in [1.82, 2.24) is 9.97 Å². The molecule has 2 rings (SSSR count). The summed E-state index contributed by atoms with van der Waals surface area (Å²) < 4.78 is 5.83. The lowest BCUT2D eigenvalue weighted by Crippen LogP contribution is -2.36. The normalized spacial score (nSPS) is 24.5. The minimum absolute atomic E-state index is 0.292. The van der Waals surface area contributed by atoms with Gasteiger partial charge in [0.2, 0.25) is 11.8 Å². The summed E-state index contributed by atoms with van der Waals surface area (Å²) in [4.78, 5) is 8.34. The fraction of sp³-hybridized carbons (Fsp3) is 0.556. The van der Waals surface area contributed by atoms with Gasteiger partial charge < -0.3 is 10.1 Å². The molecule has 0 bridgehead atoms. The zero-order valence-corrected chi connectivity index (χ0v) is 10.5. The van der Waals surface area contributed by atoms with Crippen LogP contribution < -0.4 is 10.1 Å². The molecule has 1 aromatic heterocycles. The fourth-order valence-electron chi connectivity index (χ4n) is 1.41. The SMILES string of the molecule is COc1nc(NC2CC(Cl)C2)ncc1Br. The van der Waals surface area contributed by atoms with E-state index in [0.717, 1.165) is 17.3 Å². The molecule has 0 radical (unpaired) electrons. The number of nitrogens with one attached hydrogen (secondary N) is 1. The van der Waals surface area contributed by atoms with Crippen molar-refractivity contribution >= 4 is 33.5 Å². The number of hydrogen-bond donors (Lipinski definition) is 1. The van der Waals surface area contributed by atoms with E-state index in [1.54, 1.807) is 13.3 Å². The molecule has 0 amide bonds. The standard InChI is InChI=1S/C9H11BrClN3O/c1-15-8-7(10)4-12-9(14-8)13-6-2-5(11)3-6/h4-6H,2-3H2,1H3,(H,12,13,14). The second-order valence-corrected chi connectivity index (χ2v) is 4.93. The Bertz CT molecular complexity index is 357. The van der Waals surface area contributed by atoms with Gasteiger partial charge in [-0.05, 0) is 28.8 Å². The van der Waals surface area contributed by atoms with Crippen LogP contribution in [0, 0.1) is 0 Å². The van der Waals surface area contributed by atoms with Gasteiger partial charge in [-0.15, -0.1) is 11.6 Å². The molecule has 0 spiro atoms. The number of anilines is 1. The number of nitrogens with zero attached hydrogens (tertiary/aromatic N) is 2. The van der Waals surface area contributed by atoms with Gasteiger partial charge in [-0.1, -0.05) is 0 Å². The van der Waals surface area contributed by atoms with E-state index >= 15 is 0 Å². The molecule has 1 N–H and O–H groups in total. The molecule has 0 saturated heterocycles. The number of halogens is 2. The van der Waals surface area contributed by atoms with Gasteiger partial charge in [-0.2, -0.15) is 4.98 Å². The van der Waals surface area contributed by atoms with E-state index in [1.165, 1.54) is 0 Å². The zero-order valence-electron chi connectivity index (χ0n) is 8.20. The van der Waals surface area contributed by atoms with Crippen molar-refractivity contribution in [3.8, 4) is 5.88 Å². The predicted octanol–water partition coefficient (Wildman–Crippen LogP) is 2.43. The van der Waals surface area contributed by atoms with E-state index in [1.807, 2.05) is 0 Å². The molecule has 0 atom stereocenters. The highest BCUT2D eigenvalue weighted by molar-refractivity contribution is 9.10. The molecule has 15 heavy (non-hydrogen) atoms. The molecule has 1 aliphatic rings. The summed E-state index contributed by atoms with van der Waals surface area (Å²) in [6.45, 7) is 0. The van der Waals surface area contributed by atoms with Gasteiger partial charge >= 0.3 is 0 Å². The number of methoxy groups -OCH3 is 1. The third-order valence-electron chi connectivity index (χ3n) is 2.32. The Labute approximate surface area is 102 Å². The maximum atomic E-state index is 5.88. The molecule has 0 aromatic carbocycles. The Morgan fingerprint density at radius 1 is 1.60 bits per heavy atom. The molecule has 4 nitrogen and oxygen atoms in total. The predicted molar refractivity (Wildman–Crippen MR) is 62.6 cm³/mol. The van der Waals surface area contributed by atoms with Crippen LogP contribution in [0.1, 0.15) is 12.8 Å². The van der Waals surface area contributed by atoms with Crippen LogP contribution in [0.4, 0.5) is 5.95 Å². The van der Waals surface area contributed by atoms with Gasteiger partial charge in [0.05, 0.1) is 17.8 Å². The fourth-order valence-corrected chi connectivity index (χ4v) is 2.20. The molecule has 1 fully saturated rings. The summed E-state index contributed by atoms with van der Waals surface area (Å²) in [6.07, 6.45) is 3.59. The van der Waals surface area contributed by atoms with E-state index in [4.69, 9.17) is 16.3 Å². The minimum Gasteiger partial charge on any atom is -0.480 e. The number of hydrogen-bond acceptors (Lipinski definition) is 4. The number of alkyl halides is 1. The maximum absolute atomic E-state index is 5.88. The third kappa shape index (κ3) is 2.52. The Balaban J connectivity index is 2.02. The van der Waals surface area contributed by atoms with Crippen LogP contribution in [-0.2, 0) is 0 Å². The van der Waals surface area contributed by atoms with Gasteiger partial charge in [0.1, 0.15) is 0 Å². The molecule has 6 heteroatoms. The van der Waals surface area contributed by atoms with Crippen LogP contribution in [0.25, 0.3) is 0 Å². The van der Waals surface area contributed by atoms with E-state index in [9.17, 15) is 0 Å². The third-order valence-corrected chi connectivity index (χ3v) is 3.22. The highest BCUT2D eigenvalue weighted by Crippen LogP contribution is 2.28. The van der Waals surface area contributed by atoms with Crippen LogP contribution in [-0.4, -0.2) is 28.5 Å². The Morgan fingerprint density at radius 2 is 2.33 bits per heavy atom. The Hall–Kier alpha value is -0.550. The van der Waals surface area contributed by atoms with Crippen LogP contribution in [0.3, 0.4) is 0 Å². The first kappa shape index (κ1) is 11.0. The minimum atomic E-state index is 0.292. The summed E-state index contributed by atoms with van der Waals surface area (Å²) in [7, 11) is 1.58. The smallest absolute Gasteiger partial charge is 0.232 e. The molecule has 1 saturated carbocycles. The van der Waals surface area contributed by atoms with Crippen molar-refractivity contribution in [3.05, 3.63) is 10.7 Å². The number of rotatable bonds is 3. The molecular formula is C9H11BrClN3O. The van der Waals surface area contributed by atoms with Gasteiger partial charge in [0.15, 0.2) is 0 Å². The van der Waals surface area contributed by atoms with Gasteiger partial charge in [-0.3, -0.25) is 0 Å². The molecule has 82 valence electrons. The van der Waals surface area contributed by atoms with E-state index in [0.29, 0.717) is 23.2 Å². The number of ether oxygens (including phenoxy) is 1. The van der Waals surface area contributed by atoms with Crippen LogP contribution in [0.2, 0.25) is 0 Å². The van der Waals surface area contributed by atoms with Crippen molar-refractivity contribution in [1.29, 1.82) is 0 Å². The highest BCUT2D eigenvalue weighted by Gasteiger charge is 2.27. The van der Waals surface area contributed by atoms with Gasteiger partial charge in [0, 0.05) is 11.4 Å². The van der Waals surface area contributed by atoms with Crippen molar-refractivity contribution in [2.75, 3.05) is 12.4 Å². The summed E-state index contributed by atoms with van der Waals surface area (Å²) in [5.41, 5.74) is 0. The molecule has 1 aromatic rings. The van der Waals surface area contributed by atoms with E-state index < -0.39 is 0 Å². The Kier molecular flexibility index (Phi) is 3.31. The van der Waals surface area contributed by atoms with Crippen LogP contribution in [0.5, 0.6) is 5.88 Å². The first-order chi connectivity index (χ1) is 7.19. The first-order valence-electron chi connectivity index (χ1n) is 4.66. The molecule has 0 aliphatic heterocycles. The van der Waals surface area contributed by atoms with Crippen LogP contribution >= 0.6 is 27.5 Å². The molecule has 1 aliphatic carbocycles. The van der Waals surface area contributed by atoms with Crippen molar-refractivity contribution in [2.24, 2.45) is 0 Å². The number of aromatic nitrogens is 2. The molecule has 0 unspecified atom stereocenters. The highest BCUT2D eigenvalue weighted by atomic mass is 79.9. The van der Waals surface area contributed by atoms with Gasteiger partial charge in [-0.25, -0.2) is 4.98 Å². The summed E-state index contributed by atoms with van der Waals surface area (Å²) in [5, 5.41) is 3.49. The second kappa shape index (κ2) is 4.53. The second-order valence-electron chi connectivity index (χ2n) is 3.46.